The third kappa shape index (κ3) is 3.10. The van der Waals surface area contributed by atoms with E-state index in [1.807, 2.05) is 48.5 Å². The maximum Gasteiger partial charge on any atom is 0.235 e. The van der Waals surface area contributed by atoms with E-state index in [0.29, 0.717) is 16.8 Å². The Hall–Kier alpha value is -2.66. The van der Waals surface area contributed by atoms with Gasteiger partial charge in [0.2, 0.25) is 5.91 Å². The summed E-state index contributed by atoms with van der Waals surface area (Å²) in [6.45, 7) is 0. The maximum atomic E-state index is 13.2. The van der Waals surface area contributed by atoms with Crippen molar-refractivity contribution in [1.82, 2.24) is 15.2 Å². The summed E-state index contributed by atoms with van der Waals surface area (Å²) in [5.41, 5.74) is 2.15. The number of aromatic amines is 1. The van der Waals surface area contributed by atoms with Gasteiger partial charge < -0.3 is 5.32 Å². The summed E-state index contributed by atoms with van der Waals surface area (Å²) in [6, 6.07) is 15.4. The van der Waals surface area contributed by atoms with Crippen molar-refractivity contribution in [3.8, 4) is 11.4 Å². The van der Waals surface area contributed by atoms with E-state index in [9.17, 15) is 4.79 Å². The minimum absolute atomic E-state index is 0.0202. The van der Waals surface area contributed by atoms with Gasteiger partial charge in [0.1, 0.15) is 5.82 Å². The first-order valence-corrected chi connectivity index (χ1v) is 10.1. The second-order valence-electron chi connectivity index (χ2n) is 7.80. The van der Waals surface area contributed by atoms with Crippen LogP contribution in [0.15, 0.2) is 48.5 Å². The van der Waals surface area contributed by atoms with Gasteiger partial charge in [-0.1, -0.05) is 42.3 Å². The standard InChI is InChI=1S/C22H21ClN4O/c23-17-6-2-5-16(13-17)22(10-3-11-22)21(28)24-18-7-1-4-15(12-18)20-25-19(26-27-20)14-8-9-14/h1-2,4-7,12-14H,3,8-11H2,(H,24,28)(H,25,26,27). The fourth-order valence-electron chi connectivity index (χ4n) is 3.89. The van der Waals surface area contributed by atoms with E-state index in [1.165, 1.54) is 12.8 Å². The van der Waals surface area contributed by atoms with Crippen molar-refractivity contribution in [2.75, 3.05) is 5.32 Å². The quantitative estimate of drug-likeness (QED) is 0.637. The lowest BCUT2D eigenvalue weighted by Crippen LogP contribution is -2.46. The van der Waals surface area contributed by atoms with Crippen LogP contribution in [0.25, 0.3) is 11.4 Å². The molecule has 0 bridgehead atoms. The first-order valence-electron chi connectivity index (χ1n) is 9.74. The summed E-state index contributed by atoms with van der Waals surface area (Å²) in [5, 5.41) is 11.1. The molecule has 0 spiro atoms. The number of anilines is 1. The van der Waals surface area contributed by atoms with Gasteiger partial charge >= 0.3 is 0 Å². The van der Waals surface area contributed by atoms with Crippen LogP contribution in [0, 0.1) is 0 Å². The number of halogens is 1. The molecule has 5 nitrogen and oxygen atoms in total. The molecule has 0 atom stereocenters. The second-order valence-corrected chi connectivity index (χ2v) is 8.24. The molecule has 0 saturated heterocycles. The van der Waals surface area contributed by atoms with Gasteiger partial charge in [0.05, 0.1) is 5.41 Å². The van der Waals surface area contributed by atoms with Crippen molar-refractivity contribution in [2.24, 2.45) is 0 Å². The minimum atomic E-state index is -0.495. The van der Waals surface area contributed by atoms with E-state index in [2.05, 4.69) is 20.5 Å². The minimum Gasteiger partial charge on any atom is -0.325 e. The molecule has 0 unspecified atom stereocenters. The van der Waals surface area contributed by atoms with E-state index in [1.54, 1.807) is 0 Å². The molecule has 6 heteroatoms. The molecule has 1 aromatic heterocycles. The lowest BCUT2D eigenvalue weighted by Gasteiger charge is -2.40. The zero-order valence-electron chi connectivity index (χ0n) is 15.4. The topological polar surface area (TPSA) is 70.7 Å². The Bertz CT molecular complexity index is 1040. The zero-order valence-corrected chi connectivity index (χ0v) is 16.2. The molecule has 2 N–H and O–H groups in total. The highest BCUT2D eigenvalue weighted by Gasteiger charge is 2.45. The van der Waals surface area contributed by atoms with Gasteiger partial charge in [-0.05, 0) is 55.5 Å². The third-order valence-electron chi connectivity index (χ3n) is 5.86. The Morgan fingerprint density at radius 1 is 1.14 bits per heavy atom. The average Bonchev–Trinajstić information content (AvgIpc) is 3.38. The highest BCUT2D eigenvalue weighted by molar-refractivity contribution is 6.30. The Labute approximate surface area is 168 Å². The normalized spacial score (nSPS) is 17.8. The average molecular weight is 393 g/mol. The first-order chi connectivity index (χ1) is 13.6. The first kappa shape index (κ1) is 17.4. The number of benzene rings is 2. The molecule has 1 heterocycles. The lowest BCUT2D eigenvalue weighted by atomic mass is 9.64. The monoisotopic (exact) mass is 392 g/mol. The number of rotatable bonds is 5. The molecule has 28 heavy (non-hydrogen) atoms. The summed E-state index contributed by atoms with van der Waals surface area (Å²) in [7, 11) is 0. The molecule has 0 aliphatic heterocycles. The number of amides is 1. The Balaban J connectivity index is 1.38. The van der Waals surface area contributed by atoms with E-state index in [4.69, 9.17) is 11.6 Å². The maximum absolute atomic E-state index is 13.2. The fourth-order valence-corrected chi connectivity index (χ4v) is 4.08. The summed E-state index contributed by atoms with van der Waals surface area (Å²) in [4.78, 5) is 17.8. The van der Waals surface area contributed by atoms with Gasteiger partial charge in [-0.25, -0.2) is 4.98 Å². The predicted octanol–water partition coefficient (Wildman–Crippen LogP) is 5.06. The van der Waals surface area contributed by atoms with E-state index in [0.717, 1.165) is 41.9 Å². The van der Waals surface area contributed by atoms with Crippen LogP contribution in [0.5, 0.6) is 0 Å². The fraction of sp³-hybridized carbons (Fsp3) is 0.318. The number of H-pyrrole nitrogens is 1. The molecular weight excluding hydrogens is 372 g/mol. The number of aromatic nitrogens is 3. The van der Waals surface area contributed by atoms with Crippen LogP contribution < -0.4 is 5.32 Å². The molecule has 2 saturated carbocycles. The van der Waals surface area contributed by atoms with Crippen molar-refractivity contribution in [3.05, 3.63) is 64.9 Å². The predicted molar refractivity (Wildman–Crippen MR) is 109 cm³/mol. The summed E-state index contributed by atoms with van der Waals surface area (Å²) < 4.78 is 0. The van der Waals surface area contributed by atoms with Gasteiger partial charge in [0.15, 0.2) is 5.82 Å². The summed E-state index contributed by atoms with van der Waals surface area (Å²) in [5.74, 6) is 2.18. The molecule has 142 valence electrons. The largest absolute Gasteiger partial charge is 0.325 e. The van der Waals surface area contributed by atoms with E-state index in [-0.39, 0.29) is 5.91 Å². The SMILES string of the molecule is O=C(Nc1cccc(-c2n[nH]c(C3CC3)n2)c1)C1(c2cccc(Cl)c2)CCC1. The van der Waals surface area contributed by atoms with Gasteiger partial charge in [-0.3, -0.25) is 9.89 Å². The molecule has 3 aromatic rings. The highest BCUT2D eigenvalue weighted by Crippen LogP contribution is 2.45. The van der Waals surface area contributed by atoms with E-state index >= 15 is 0 Å². The smallest absolute Gasteiger partial charge is 0.235 e. The molecular formula is C22H21ClN4O. The summed E-state index contributed by atoms with van der Waals surface area (Å²) >= 11 is 6.17. The van der Waals surface area contributed by atoms with E-state index < -0.39 is 5.41 Å². The second kappa shape index (κ2) is 6.74. The van der Waals surface area contributed by atoms with Gasteiger partial charge in [-0.2, -0.15) is 5.10 Å². The van der Waals surface area contributed by atoms with Crippen molar-refractivity contribution in [3.63, 3.8) is 0 Å². The Morgan fingerprint density at radius 2 is 1.96 bits per heavy atom. The van der Waals surface area contributed by atoms with Crippen molar-refractivity contribution in [1.29, 1.82) is 0 Å². The van der Waals surface area contributed by atoms with Crippen molar-refractivity contribution < 1.29 is 4.79 Å². The molecule has 2 aliphatic carbocycles. The molecule has 5 rings (SSSR count). The molecule has 0 radical (unpaired) electrons. The van der Waals surface area contributed by atoms with Crippen LogP contribution in [0.2, 0.25) is 5.02 Å². The molecule has 2 fully saturated rings. The highest BCUT2D eigenvalue weighted by atomic mass is 35.5. The van der Waals surface area contributed by atoms with Crippen LogP contribution in [0.4, 0.5) is 5.69 Å². The van der Waals surface area contributed by atoms with Crippen LogP contribution in [0.1, 0.15) is 49.4 Å². The number of hydrogen-bond donors (Lipinski definition) is 2. The number of hydrogen-bond acceptors (Lipinski definition) is 3. The molecule has 2 aliphatic rings. The van der Waals surface area contributed by atoms with Crippen molar-refractivity contribution >= 4 is 23.2 Å². The van der Waals surface area contributed by atoms with Gasteiger partial charge in [0, 0.05) is 22.2 Å². The molecule has 1 amide bonds. The lowest BCUT2D eigenvalue weighted by molar-refractivity contribution is -0.124. The Kier molecular flexibility index (Phi) is 4.20. The number of carbonyl (C=O) groups is 1. The number of nitrogens with zero attached hydrogens (tertiary/aromatic N) is 2. The zero-order chi connectivity index (χ0) is 19.1. The van der Waals surface area contributed by atoms with Crippen LogP contribution in [-0.2, 0) is 10.2 Å². The number of carbonyl (C=O) groups excluding carboxylic acids is 1. The number of nitrogens with one attached hydrogen (secondary N) is 2. The Morgan fingerprint density at radius 3 is 2.68 bits per heavy atom. The molecule has 2 aromatic carbocycles. The van der Waals surface area contributed by atoms with Gasteiger partial charge in [-0.15, -0.1) is 0 Å². The van der Waals surface area contributed by atoms with Crippen molar-refractivity contribution in [2.45, 2.75) is 43.4 Å². The van der Waals surface area contributed by atoms with Crippen LogP contribution >= 0.6 is 11.6 Å². The van der Waals surface area contributed by atoms with Crippen LogP contribution in [-0.4, -0.2) is 21.1 Å². The van der Waals surface area contributed by atoms with Crippen LogP contribution in [0.3, 0.4) is 0 Å². The summed E-state index contributed by atoms with van der Waals surface area (Å²) in [6.07, 6.45) is 5.07. The van der Waals surface area contributed by atoms with Gasteiger partial charge in [0.25, 0.3) is 0 Å². The third-order valence-corrected chi connectivity index (χ3v) is 6.10.